The van der Waals surface area contributed by atoms with Crippen LogP contribution < -0.4 is 10.2 Å². The molecule has 0 radical (unpaired) electrons. The minimum Gasteiger partial charge on any atom is -0.466 e. The smallest absolute Gasteiger partial charge is 0.305 e. The van der Waals surface area contributed by atoms with Crippen molar-refractivity contribution >= 4 is 23.4 Å². The number of unbranched alkanes of at least 4 members (excludes halogenated alkanes) is 1. The first-order chi connectivity index (χ1) is 12.8. The Morgan fingerprint density at radius 3 is 3.23 bits per heavy atom. The first-order valence-electron chi connectivity index (χ1n) is 10.2. The van der Waals surface area contributed by atoms with Gasteiger partial charge in [-0.05, 0) is 56.5 Å². The fourth-order valence-electron chi connectivity index (χ4n) is 5.19. The number of anilines is 1. The van der Waals surface area contributed by atoms with Gasteiger partial charge in [0.05, 0.1) is 12.3 Å². The van der Waals surface area contributed by atoms with E-state index in [1.54, 1.807) is 5.56 Å². The number of nitrogens with one attached hydrogen (secondary N) is 1. The summed E-state index contributed by atoms with van der Waals surface area (Å²) < 4.78 is 5.09. The summed E-state index contributed by atoms with van der Waals surface area (Å²) in [6.07, 6.45) is 6.23. The fourth-order valence-corrected chi connectivity index (χ4v) is 6.23. The largest absolute Gasteiger partial charge is 0.466 e. The lowest BCUT2D eigenvalue weighted by atomic mass is 9.74. The summed E-state index contributed by atoms with van der Waals surface area (Å²) in [5, 5.41) is 3.64. The molecule has 1 fully saturated rings. The van der Waals surface area contributed by atoms with Crippen molar-refractivity contribution in [3.63, 3.8) is 0 Å². The zero-order valence-electron chi connectivity index (χ0n) is 15.8. The van der Waals surface area contributed by atoms with Crippen molar-refractivity contribution in [3.8, 4) is 0 Å². The van der Waals surface area contributed by atoms with Crippen LogP contribution >= 0.6 is 11.8 Å². The van der Waals surface area contributed by atoms with Crippen molar-refractivity contribution in [2.45, 2.75) is 61.8 Å². The third-order valence-electron chi connectivity index (χ3n) is 6.27. The molecular formula is C21H30N2O2S. The van der Waals surface area contributed by atoms with Gasteiger partial charge in [0, 0.05) is 35.9 Å². The van der Waals surface area contributed by atoms with Crippen molar-refractivity contribution in [2.75, 3.05) is 36.9 Å². The third-order valence-corrected chi connectivity index (χ3v) is 7.41. The molecule has 26 heavy (non-hydrogen) atoms. The van der Waals surface area contributed by atoms with E-state index < -0.39 is 0 Å². The number of carbonyl (C=O) groups excluding carboxylic acids is 1. The molecule has 3 aliphatic heterocycles. The summed E-state index contributed by atoms with van der Waals surface area (Å²) in [7, 11) is 0. The molecule has 1 N–H and O–H groups in total. The van der Waals surface area contributed by atoms with Crippen LogP contribution in [-0.2, 0) is 9.53 Å². The Morgan fingerprint density at radius 2 is 2.35 bits per heavy atom. The Bertz CT molecular complexity index is 665. The van der Waals surface area contributed by atoms with Crippen LogP contribution in [0.4, 0.5) is 5.69 Å². The lowest BCUT2D eigenvalue weighted by Gasteiger charge is -2.47. The molecular weight excluding hydrogens is 344 g/mol. The second kappa shape index (κ2) is 7.81. The first kappa shape index (κ1) is 18.2. The molecule has 0 aromatic heterocycles. The van der Waals surface area contributed by atoms with Gasteiger partial charge in [-0.3, -0.25) is 4.79 Å². The molecule has 0 amide bonds. The number of ether oxygens (including phenoxy) is 1. The molecule has 4 rings (SSSR count). The van der Waals surface area contributed by atoms with Gasteiger partial charge in [-0.2, -0.15) is 0 Å². The highest BCUT2D eigenvalue weighted by molar-refractivity contribution is 7.99. The van der Waals surface area contributed by atoms with Gasteiger partial charge in [-0.1, -0.05) is 18.6 Å². The van der Waals surface area contributed by atoms with E-state index in [4.69, 9.17) is 4.74 Å². The highest BCUT2D eigenvalue weighted by Crippen LogP contribution is 2.56. The monoisotopic (exact) mass is 374 g/mol. The van der Waals surface area contributed by atoms with E-state index in [2.05, 4.69) is 28.4 Å². The number of piperidine rings is 1. The predicted molar refractivity (Wildman–Crippen MR) is 107 cm³/mol. The Morgan fingerprint density at radius 1 is 1.42 bits per heavy atom. The molecule has 5 heteroatoms. The standard InChI is InChI=1S/C21H30N2O2S/c1-2-25-19(24)9-3-4-10-21-11-12-22-15-17(21)16-7-5-8-18-20(16)23(21)13-6-14-26-18/h5,7-8,17,22H,2-4,6,9-15H2,1H3/t17-,21-/m0/s1. The summed E-state index contributed by atoms with van der Waals surface area (Å²) in [5.74, 6) is 1.75. The van der Waals surface area contributed by atoms with Gasteiger partial charge in [-0.25, -0.2) is 0 Å². The SMILES string of the molecule is CCOC(=O)CCCC[C@]12CCNC[C@H]1c1cccc3c1N2CCCS3. The number of hydrogen-bond donors (Lipinski definition) is 1. The number of benzene rings is 1. The minimum absolute atomic E-state index is 0.0463. The van der Waals surface area contributed by atoms with Gasteiger partial charge >= 0.3 is 5.97 Å². The van der Waals surface area contributed by atoms with Crippen molar-refractivity contribution < 1.29 is 9.53 Å². The zero-order chi connectivity index (χ0) is 18.0. The van der Waals surface area contributed by atoms with Crippen molar-refractivity contribution in [1.82, 2.24) is 5.32 Å². The number of hydrogen-bond acceptors (Lipinski definition) is 5. The Hall–Kier alpha value is -1.20. The molecule has 0 spiro atoms. The van der Waals surface area contributed by atoms with E-state index in [0.717, 1.165) is 25.9 Å². The molecule has 4 nitrogen and oxygen atoms in total. The van der Waals surface area contributed by atoms with Crippen LogP contribution in [0.15, 0.2) is 23.1 Å². The summed E-state index contributed by atoms with van der Waals surface area (Å²) in [6.45, 7) is 5.71. The number of thioether (sulfide) groups is 1. The Labute approximate surface area is 161 Å². The molecule has 1 aromatic rings. The van der Waals surface area contributed by atoms with Crippen LogP contribution in [-0.4, -0.2) is 43.5 Å². The van der Waals surface area contributed by atoms with Gasteiger partial charge in [0.1, 0.15) is 0 Å². The maximum atomic E-state index is 11.7. The third kappa shape index (κ3) is 3.13. The van der Waals surface area contributed by atoms with Crippen LogP contribution in [0.1, 0.15) is 56.9 Å². The molecule has 0 saturated carbocycles. The fraction of sp³-hybridized carbons (Fsp3) is 0.667. The van der Waals surface area contributed by atoms with Gasteiger partial charge in [0.25, 0.3) is 0 Å². The average Bonchev–Trinajstić information content (AvgIpc) is 2.78. The molecule has 142 valence electrons. The zero-order valence-corrected chi connectivity index (χ0v) is 16.6. The molecule has 3 aliphatic rings. The van der Waals surface area contributed by atoms with Gasteiger partial charge in [-0.15, -0.1) is 11.8 Å². The van der Waals surface area contributed by atoms with Crippen molar-refractivity contribution in [3.05, 3.63) is 23.8 Å². The van der Waals surface area contributed by atoms with Crippen LogP contribution in [0.25, 0.3) is 0 Å². The maximum absolute atomic E-state index is 11.7. The highest BCUT2D eigenvalue weighted by atomic mass is 32.2. The topological polar surface area (TPSA) is 41.6 Å². The second-order valence-corrected chi connectivity index (χ2v) is 8.81. The summed E-state index contributed by atoms with van der Waals surface area (Å²) >= 11 is 2.03. The summed E-state index contributed by atoms with van der Waals surface area (Å²) in [4.78, 5) is 15.9. The Balaban J connectivity index is 1.55. The van der Waals surface area contributed by atoms with E-state index in [9.17, 15) is 4.79 Å². The van der Waals surface area contributed by atoms with Gasteiger partial charge < -0.3 is 15.0 Å². The summed E-state index contributed by atoms with van der Waals surface area (Å²) in [6, 6.07) is 6.91. The number of para-hydroxylation sites is 1. The van der Waals surface area contributed by atoms with Crippen LogP contribution in [0.3, 0.4) is 0 Å². The molecule has 0 aliphatic carbocycles. The summed E-state index contributed by atoms with van der Waals surface area (Å²) in [5.41, 5.74) is 3.31. The van der Waals surface area contributed by atoms with E-state index in [0.29, 0.717) is 18.9 Å². The normalized spacial score (nSPS) is 26.8. The average molecular weight is 375 g/mol. The number of fused-ring (bicyclic) bond motifs is 3. The van der Waals surface area contributed by atoms with E-state index in [1.807, 2.05) is 18.7 Å². The highest BCUT2D eigenvalue weighted by Gasteiger charge is 2.52. The lowest BCUT2D eigenvalue weighted by Crippen LogP contribution is -2.56. The molecule has 3 heterocycles. The number of carbonyl (C=O) groups is 1. The van der Waals surface area contributed by atoms with Crippen LogP contribution in [0.2, 0.25) is 0 Å². The van der Waals surface area contributed by atoms with E-state index in [-0.39, 0.29) is 11.5 Å². The molecule has 0 bridgehead atoms. The Kier molecular flexibility index (Phi) is 5.46. The second-order valence-electron chi connectivity index (χ2n) is 7.67. The number of nitrogens with zero attached hydrogens (tertiary/aromatic N) is 1. The van der Waals surface area contributed by atoms with Gasteiger partial charge in [0.15, 0.2) is 0 Å². The minimum atomic E-state index is -0.0463. The number of esters is 1. The van der Waals surface area contributed by atoms with E-state index in [1.165, 1.54) is 42.1 Å². The van der Waals surface area contributed by atoms with E-state index >= 15 is 0 Å². The molecule has 0 unspecified atom stereocenters. The van der Waals surface area contributed by atoms with Crippen molar-refractivity contribution in [2.24, 2.45) is 0 Å². The maximum Gasteiger partial charge on any atom is 0.305 e. The quantitative estimate of drug-likeness (QED) is 0.603. The predicted octanol–water partition coefficient (Wildman–Crippen LogP) is 3.94. The lowest BCUT2D eigenvalue weighted by molar-refractivity contribution is -0.143. The molecule has 1 aromatic carbocycles. The molecule has 2 atom stereocenters. The van der Waals surface area contributed by atoms with Crippen LogP contribution in [0.5, 0.6) is 0 Å². The first-order valence-corrected chi connectivity index (χ1v) is 11.1. The molecule has 1 saturated heterocycles. The number of rotatable bonds is 6. The van der Waals surface area contributed by atoms with Crippen LogP contribution in [0, 0.1) is 0 Å². The van der Waals surface area contributed by atoms with Gasteiger partial charge in [0.2, 0.25) is 0 Å². The van der Waals surface area contributed by atoms with Crippen molar-refractivity contribution in [1.29, 1.82) is 0 Å².